The van der Waals surface area contributed by atoms with Gasteiger partial charge in [0.2, 0.25) is 12.3 Å². The van der Waals surface area contributed by atoms with Crippen molar-refractivity contribution in [2.24, 2.45) is 0 Å². The predicted molar refractivity (Wildman–Crippen MR) is 128 cm³/mol. The first-order valence-electron chi connectivity index (χ1n) is 10.9. The lowest BCUT2D eigenvalue weighted by molar-refractivity contribution is -0.138. The van der Waals surface area contributed by atoms with Gasteiger partial charge in [0.15, 0.2) is 5.82 Å². The summed E-state index contributed by atoms with van der Waals surface area (Å²) in [6.45, 7) is 0.349. The molecule has 0 radical (unpaired) electrons. The number of hydrogen-bond donors (Lipinski definition) is 3. The van der Waals surface area contributed by atoms with E-state index >= 15 is 0 Å². The summed E-state index contributed by atoms with van der Waals surface area (Å²) in [6.07, 6.45) is 0.475. The van der Waals surface area contributed by atoms with Crippen LogP contribution < -0.4 is 10.5 Å². The van der Waals surface area contributed by atoms with E-state index in [1.807, 2.05) is 0 Å². The smallest absolute Gasteiger partial charge is 0.239 e. The van der Waals surface area contributed by atoms with E-state index < -0.39 is 36.3 Å². The molecular weight excluding hydrogens is 498 g/mol. The van der Waals surface area contributed by atoms with Gasteiger partial charge in [0.25, 0.3) is 0 Å². The van der Waals surface area contributed by atoms with Crippen molar-refractivity contribution >= 4 is 40.5 Å². The van der Waals surface area contributed by atoms with Crippen LogP contribution in [0.2, 0.25) is 5.02 Å². The third-order valence-electron chi connectivity index (χ3n) is 5.33. The molecular formula is C24H25ClF2N4O5. The first-order valence-corrected chi connectivity index (χ1v) is 11.3. The lowest BCUT2D eigenvalue weighted by Crippen LogP contribution is -2.52. The molecule has 12 heteroatoms. The largest absolute Gasteiger partial charge is 0.394 e. The summed E-state index contributed by atoms with van der Waals surface area (Å²) in [6, 6.07) is 8.93. The van der Waals surface area contributed by atoms with E-state index in [0.29, 0.717) is 22.7 Å². The highest BCUT2D eigenvalue weighted by Crippen LogP contribution is 2.22. The lowest BCUT2D eigenvalue weighted by Gasteiger charge is -2.33. The van der Waals surface area contributed by atoms with Crippen LogP contribution in [-0.2, 0) is 21.0 Å². The molecule has 192 valence electrons. The first-order chi connectivity index (χ1) is 17.2. The number of nitrogens with one attached hydrogen (secondary N) is 1. The maximum Gasteiger partial charge on any atom is 0.239 e. The minimum absolute atomic E-state index is 0.0307. The van der Waals surface area contributed by atoms with E-state index in [1.165, 1.54) is 43.5 Å². The highest BCUT2D eigenvalue weighted by Gasteiger charge is 2.26. The number of nitrogens with zero attached hydrogens (tertiary/aromatic N) is 3. The molecule has 2 aromatic carbocycles. The number of pyridine rings is 1. The van der Waals surface area contributed by atoms with Gasteiger partial charge >= 0.3 is 0 Å². The third-order valence-corrected chi connectivity index (χ3v) is 5.75. The second kappa shape index (κ2) is 12.7. The summed E-state index contributed by atoms with van der Waals surface area (Å²) in [5.74, 6) is -1.49. The van der Waals surface area contributed by atoms with E-state index in [2.05, 4.69) is 10.4 Å². The fourth-order valence-electron chi connectivity index (χ4n) is 3.53. The monoisotopic (exact) mass is 522 g/mol. The maximum atomic E-state index is 13.8. The molecule has 36 heavy (non-hydrogen) atoms. The Kier molecular flexibility index (Phi) is 9.62. The number of aliphatic hydroxyl groups is 2. The number of rotatable bonds is 12. The van der Waals surface area contributed by atoms with Crippen molar-refractivity contribution in [3.05, 3.63) is 70.9 Å². The van der Waals surface area contributed by atoms with Crippen LogP contribution in [0.4, 0.5) is 14.6 Å². The second-order valence-corrected chi connectivity index (χ2v) is 8.30. The van der Waals surface area contributed by atoms with E-state index in [9.17, 15) is 28.6 Å². The molecule has 9 nitrogen and oxygen atoms in total. The zero-order valence-electron chi connectivity index (χ0n) is 19.3. The van der Waals surface area contributed by atoms with Gasteiger partial charge in [-0.25, -0.2) is 19.2 Å². The minimum Gasteiger partial charge on any atom is -0.394 e. The number of hydrogen-bond acceptors (Lipinski definition) is 7. The van der Waals surface area contributed by atoms with Gasteiger partial charge in [-0.1, -0.05) is 23.7 Å². The fraction of sp³-hybridized carbons (Fsp3) is 0.292. The normalized spacial score (nSPS) is 12.8. The zero-order chi connectivity index (χ0) is 26.2. The summed E-state index contributed by atoms with van der Waals surface area (Å²) in [4.78, 5) is 33.9. The highest BCUT2D eigenvalue weighted by molar-refractivity contribution is 6.31. The van der Waals surface area contributed by atoms with Crippen LogP contribution in [0.3, 0.4) is 0 Å². The van der Waals surface area contributed by atoms with Crippen LogP contribution in [0.15, 0.2) is 48.7 Å². The number of carbonyl (C=O) groups is 2. The van der Waals surface area contributed by atoms with E-state index in [1.54, 1.807) is 12.1 Å². The fourth-order valence-corrected chi connectivity index (χ4v) is 3.72. The quantitative estimate of drug-likeness (QED) is 0.247. The molecule has 0 saturated carbocycles. The van der Waals surface area contributed by atoms with E-state index in [4.69, 9.17) is 16.4 Å². The number of benzene rings is 2. The van der Waals surface area contributed by atoms with Gasteiger partial charge in [-0.2, -0.15) is 5.06 Å². The average Bonchev–Trinajstić information content (AvgIpc) is 2.86. The summed E-state index contributed by atoms with van der Waals surface area (Å²) in [7, 11) is 0. The van der Waals surface area contributed by atoms with Crippen molar-refractivity contribution in [3.63, 3.8) is 0 Å². The molecule has 3 N–H and O–H groups in total. The average molecular weight is 523 g/mol. The third kappa shape index (κ3) is 6.93. The number of amides is 2. The topological polar surface area (TPSA) is 115 Å². The number of aliphatic hydroxyl groups excluding tert-OH is 2. The van der Waals surface area contributed by atoms with Crippen molar-refractivity contribution < 1.29 is 33.4 Å². The molecule has 1 aromatic heterocycles. The van der Waals surface area contributed by atoms with Crippen LogP contribution in [0.5, 0.6) is 0 Å². The minimum atomic E-state index is -1.20. The highest BCUT2D eigenvalue weighted by atomic mass is 35.5. The Balaban J connectivity index is 1.79. The van der Waals surface area contributed by atoms with Crippen LogP contribution in [0.25, 0.3) is 10.8 Å². The SMILES string of the molecule is CC(=O)N(NCc1cccc(F)c1Cl)[C@@H](CON(C=O)c1cc2cc(F)ccc2cn1)C[C@@H](O)CO. The molecule has 1 heterocycles. The molecule has 0 unspecified atom stereocenters. The van der Waals surface area contributed by atoms with Crippen molar-refractivity contribution in [1.82, 2.24) is 15.4 Å². The molecule has 0 bridgehead atoms. The molecule has 3 aromatic rings. The molecule has 0 aliphatic carbocycles. The van der Waals surface area contributed by atoms with Gasteiger partial charge in [-0.15, -0.1) is 0 Å². The predicted octanol–water partition coefficient (Wildman–Crippen LogP) is 2.73. The van der Waals surface area contributed by atoms with Crippen LogP contribution in [-0.4, -0.2) is 57.9 Å². The Bertz CT molecular complexity index is 1220. The summed E-state index contributed by atoms with van der Waals surface area (Å²) in [5.41, 5.74) is 3.22. The summed E-state index contributed by atoms with van der Waals surface area (Å²) in [5, 5.41) is 22.3. The van der Waals surface area contributed by atoms with Crippen LogP contribution in [0, 0.1) is 11.6 Å². The standard InChI is InChI=1S/C24H25ClF2N4O5/c1-15(34)31(29-11-17-3-2-4-22(27)24(17)25)20(9-21(35)12-32)13-36-30(14-33)23-8-18-7-19(26)6-5-16(18)10-28-23/h2-8,10,14,20-21,29,32,35H,9,11-13H2,1H3/t20-,21-/m1/s1. The summed E-state index contributed by atoms with van der Waals surface area (Å²) >= 11 is 5.99. The van der Waals surface area contributed by atoms with Crippen LogP contribution in [0.1, 0.15) is 18.9 Å². The molecule has 0 aliphatic heterocycles. The number of carbonyl (C=O) groups excluding carboxylic acids is 2. The maximum absolute atomic E-state index is 13.8. The molecule has 0 saturated heterocycles. The van der Waals surface area contributed by atoms with Gasteiger partial charge in [0.05, 0.1) is 30.4 Å². The van der Waals surface area contributed by atoms with Crippen molar-refractivity contribution in [3.8, 4) is 0 Å². The molecule has 0 spiro atoms. The number of hydroxylamine groups is 1. The van der Waals surface area contributed by atoms with Crippen LogP contribution >= 0.6 is 11.6 Å². The number of hydrazine groups is 1. The zero-order valence-corrected chi connectivity index (χ0v) is 20.0. The molecule has 2 amide bonds. The summed E-state index contributed by atoms with van der Waals surface area (Å²) < 4.78 is 27.4. The van der Waals surface area contributed by atoms with Gasteiger partial charge in [0.1, 0.15) is 11.6 Å². The lowest BCUT2D eigenvalue weighted by atomic mass is 10.1. The van der Waals surface area contributed by atoms with Crippen molar-refractivity contribution in [2.45, 2.75) is 32.0 Å². The Hall–Kier alpha value is -3.22. The molecule has 3 rings (SSSR count). The Morgan fingerprint density at radius 3 is 2.72 bits per heavy atom. The number of halogens is 3. The van der Waals surface area contributed by atoms with Gasteiger partial charge in [0, 0.05) is 25.1 Å². The molecule has 0 fully saturated rings. The Morgan fingerprint density at radius 1 is 1.25 bits per heavy atom. The van der Waals surface area contributed by atoms with Gasteiger partial charge < -0.3 is 10.2 Å². The van der Waals surface area contributed by atoms with E-state index in [0.717, 1.165) is 10.1 Å². The van der Waals surface area contributed by atoms with Crippen molar-refractivity contribution in [1.29, 1.82) is 0 Å². The number of anilines is 1. The van der Waals surface area contributed by atoms with Gasteiger partial charge in [-0.05, 0) is 47.7 Å². The van der Waals surface area contributed by atoms with Crippen molar-refractivity contribution in [2.75, 3.05) is 18.3 Å². The Morgan fingerprint density at radius 2 is 2.03 bits per heavy atom. The first kappa shape index (κ1) is 27.4. The number of fused-ring (bicyclic) bond motifs is 1. The number of aromatic nitrogens is 1. The second-order valence-electron chi connectivity index (χ2n) is 7.92. The molecule has 2 atom stereocenters. The van der Waals surface area contributed by atoms with E-state index in [-0.39, 0.29) is 30.4 Å². The molecule has 0 aliphatic rings. The Labute approximate surface area is 210 Å². The van der Waals surface area contributed by atoms with Gasteiger partial charge in [-0.3, -0.25) is 19.4 Å².